The zero-order valence-electron chi connectivity index (χ0n) is 9.09. The third-order valence-corrected chi connectivity index (χ3v) is 2.93. The van der Waals surface area contributed by atoms with E-state index in [1.165, 1.54) is 0 Å². The van der Waals surface area contributed by atoms with E-state index < -0.39 is 5.91 Å². The molecule has 1 heterocycles. The fraction of sp³-hybridized carbons (Fsp3) is 0.0714. The van der Waals surface area contributed by atoms with Crippen molar-refractivity contribution in [1.29, 1.82) is 0 Å². The van der Waals surface area contributed by atoms with Crippen LogP contribution in [0.1, 0.15) is 0 Å². The molecule has 1 amide bonds. The van der Waals surface area contributed by atoms with Crippen LogP contribution in [-0.2, 0) is 9.53 Å². The molecule has 1 aromatic rings. The minimum Gasteiger partial charge on any atom is -0.475 e. The van der Waals surface area contributed by atoms with Gasteiger partial charge in [-0.15, -0.1) is 0 Å². The number of primary amides is 1. The Balaban J connectivity index is 2.44. The highest BCUT2D eigenvalue weighted by Gasteiger charge is 2.23. The van der Waals surface area contributed by atoms with E-state index in [9.17, 15) is 4.79 Å². The summed E-state index contributed by atoms with van der Waals surface area (Å²) in [6.07, 6.45) is 7.56. The molecule has 1 aliphatic heterocycles. The summed E-state index contributed by atoms with van der Waals surface area (Å²) in [7, 11) is 0. The quantitative estimate of drug-likeness (QED) is 0.729. The van der Waals surface area contributed by atoms with E-state index in [1.54, 1.807) is 0 Å². The van der Waals surface area contributed by atoms with Crippen molar-refractivity contribution in [3.05, 3.63) is 59.0 Å². The molecule has 1 atom stereocenters. The smallest absolute Gasteiger partial charge is 0.284 e. The van der Waals surface area contributed by atoms with Crippen molar-refractivity contribution in [3.8, 4) is 0 Å². The molecule has 1 aliphatic carbocycles. The molecule has 2 aliphatic rings. The van der Waals surface area contributed by atoms with E-state index in [1.807, 2.05) is 48.6 Å². The molecule has 0 radical (unpaired) electrons. The van der Waals surface area contributed by atoms with Gasteiger partial charge >= 0.3 is 0 Å². The molecule has 1 unspecified atom stereocenters. The van der Waals surface area contributed by atoms with Crippen molar-refractivity contribution < 1.29 is 9.53 Å². The number of ether oxygens (including phenoxy) is 1. The van der Waals surface area contributed by atoms with Gasteiger partial charge in [0.2, 0.25) is 0 Å². The molecule has 0 spiro atoms. The van der Waals surface area contributed by atoms with Crippen LogP contribution in [0.25, 0.3) is 11.3 Å². The predicted molar refractivity (Wildman–Crippen MR) is 64.9 cm³/mol. The van der Waals surface area contributed by atoms with Gasteiger partial charge in [0.25, 0.3) is 5.91 Å². The first-order valence-electron chi connectivity index (χ1n) is 5.42. The number of rotatable bonds is 1. The Morgan fingerprint density at radius 3 is 2.71 bits per heavy atom. The standard InChI is InChI=1S/C14H11NO2/c15-14(16)13-11-7-2-1-5-9(11)10-6-3-4-8-12(10)17-13/h1-8,12H,(H2,15,16). The van der Waals surface area contributed by atoms with Gasteiger partial charge in [-0.25, -0.2) is 0 Å². The molecule has 84 valence electrons. The Bertz CT molecular complexity index is 668. The molecule has 0 fully saturated rings. The summed E-state index contributed by atoms with van der Waals surface area (Å²) in [5.41, 5.74) is 6.41. The van der Waals surface area contributed by atoms with E-state index in [0.717, 1.165) is 16.0 Å². The number of fused-ring (bicyclic) bond motifs is 2. The van der Waals surface area contributed by atoms with Crippen LogP contribution in [0.2, 0.25) is 0 Å². The summed E-state index contributed by atoms with van der Waals surface area (Å²) in [5, 5.41) is 1.78. The van der Waals surface area contributed by atoms with Crippen molar-refractivity contribution >= 4 is 17.2 Å². The molecule has 1 aromatic carbocycles. The van der Waals surface area contributed by atoms with Gasteiger partial charge in [0, 0.05) is 10.8 Å². The number of allylic oxidation sites excluding steroid dienone is 2. The Hall–Kier alpha value is -2.29. The Kier molecular flexibility index (Phi) is 2.11. The van der Waals surface area contributed by atoms with Crippen molar-refractivity contribution in [2.75, 3.05) is 0 Å². The van der Waals surface area contributed by atoms with Crippen LogP contribution in [0.4, 0.5) is 0 Å². The predicted octanol–water partition coefficient (Wildman–Crippen LogP) is -0.0444. The molecule has 17 heavy (non-hydrogen) atoms. The van der Waals surface area contributed by atoms with Crippen molar-refractivity contribution in [2.24, 2.45) is 5.73 Å². The van der Waals surface area contributed by atoms with Crippen LogP contribution in [-0.4, -0.2) is 12.0 Å². The average molecular weight is 225 g/mol. The van der Waals surface area contributed by atoms with Gasteiger partial charge in [-0.2, -0.15) is 0 Å². The second kappa shape index (κ2) is 3.63. The van der Waals surface area contributed by atoms with E-state index in [4.69, 9.17) is 10.5 Å². The molecule has 0 aromatic heterocycles. The Morgan fingerprint density at radius 1 is 1.18 bits per heavy atom. The molecule has 3 heteroatoms. The van der Waals surface area contributed by atoms with Crippen molar-refractivity contribution in [1.82, 2.24) is 0 Å². The third-order valence-electron chi connectivity index (χ3n) is 2.93. The summed E-state index contributed by atoms with van der Waals surface area (Å²) in [4.78, 5) is 11.4. The second-order valence-corrected chi connectivity index (χ2v) is 3.98. The van der Waals surface area contributed by atoms with Gasteiger partial charge in [0.15, 0.2) is 5.76 Å². The number of benzene rings is 1. The maximum Gasteiger partial charge on any atom is 0.284 e. The van der Waals surface area contributed by atoms with Gasteiger partial charge < -0.3 is 10.5 Å². The minimum absolute atomic E-state index is 0.211. The molecule has 3 nitrogen and oxygen atoms in total. The van der Waals surface area contributed by atoms with Crippen molar-refractivity contribution in [2.45, 2.75) is 6.10 Å². The van der Waals surface area contributed by atoms with E-state index in [0.29, 0.717) is 0 Å². The third kappa shape index (κ3) is 1.47. The van der Waals surface area contributed by atoms with E-state index in [2.05, 4.69) is 0 Å². The first-order chi connectivity index (χ1) is 8.27. The number of hydrogen-bond donors (Lipinski definition) is 1. The lowest BCUT2D eigenvalue weighted by Gasteiger charge is -2.23. The lowest BCUT2D eigenvalue weighted by atomic mass is 9.98. The van der Waals surface area contributed by atoms with Crippen LogP contribution < -0.4 is 16.2 Å². The lowest BCUT2D eigenvalue weighted by molar-refractivity contribution is -0.115. The van der Waals surface area contributed by atoms with Crippen LogP contribution >= 0.6 is 0 Å². The first kappa shape index (κ1) is 9.90. The topological polar surface area (TPSA) is 52.3 Å². The number of amides is 1. The van der Waals surface area contributed by atoms with Crippen LogP contribution in [0.15, 0.2) is 48.6 Å². The summed E-state index contributed by atoms with van der Waals surface area (Å²) in [6, 6.07) is 7.64. The normalized spacial score (nSPS) is 20.6. The average Bonchev–Trinajstić information content (AvgIpc) is 2.37. The zero-order valence-corrected chi connectivity index (χ0v) is 9.09. The fourth-order valence-corrected chi connectivity index (χ4v) is 2.18. The fourth-order valence-electron chi connectivity index (χ4n) is 2.18. The highest BCUT2D eigenvalue weighted by Crippen LogP contribution is 2.19. The summed E-state index contributed by atoms with van der Waals surface area (Å²) >= 11 is 0. The van der Waals surface area contributed by atoms with E-state index >= 15 is 0 Å². The molecule has 2 N–H and O–H groups in total. The van der Waals surface area contributed by atoms with Crippen LogP contribution in [0.3, 0.4) is 0 Å². The SMILES string of the molecule is NC(=O)C1=c2ccccc2=C2C=CC=CC2O1. The summed E-state index contributed by atoms with van der Waals surface area (Å²) < 4.78 is 5.65. The van der Waals surface area contributed by atoms with Crippen molar-refractivity contribution in [3.63, 3.8) is 0 Å². The minimum atomic E-state index is -0.528. The highest BCUT2D eigenvalue weighted by atomic mass is 16.5. The van der Waals surface area contributed by atoms with Gasteiger partial charge in [-0.1, -0.05) is 42.5 Å². The number of nitrogens with two attached hydrogens (primary N) is 1. The van der Waals surface area contributed by atoms with Crippen LogP contribution in [0, 0.1) is 0 Å². The number of carbonyl (C=O) groups is 1. The largest absolute Gasteiger partial charge is 0.475 e. The maximum absolute atomic E-state index is 11.4. The van der Waals surface area contributed by atoms with Crippen LogP contribution in [0.5, 0.6) is 0 Å². The van der Waals surface area contributed by atoms with Gasteiger partial charge in [-0.3, -0.25) is 4.79 Å². The first-order valence-corrected chi connectivity index (χ1v) is 5.42. The molecule has 3 rings (SSSR count). The maximum atomic E-state index is 11.4. The Morgan fingerprint density at radius 2 is 1.94 bits per heavy atom. The molecule has 0 saturated carbocycles. The van der Waals surface area contributed by atoms with Gasteiger partial charge in [0.1, 0.15) is 6.10 Å². The monoisotopic (exact) mass is 225 g/mol. The summed E-state index contributed by atoms with van der Waals surface area (Å²) in [6.45, 7) is 0. The highest BCUT2D eigenvalue weighted by molar-refractivity contribution is 6.10. The zero-order chi connectivity index (χ0) is 11.8. The van der Waals surface area contributed by atoms with Gasteiger partial charge in [0.05, 0.1) is 0 Å². The van der Waals surface area contributed by atoms with Gasteiger partial charge in [-0.05, 0) is 11.3 Å². The number of hydrogen-bond acceptors (Lipinski definition) is 2. The van der Waals surface area contributed by atoms with E-state index in [-0.39, 0.29) is 11.9 Å². The Labute approximate surface area is 98.2 Å². The molecule has 0 bridgehead atoms. The number of carbonyl (C=O) groups excluding carboxylic acids is 1. The summed E-state index contributed by atoms with van der Waals surface area (Å²) in [5.74, 6) is -0.284. The molecule has 0 saturated heterocycles. The molecular weight excluding hydrogens is 214 g/mol. The molecular formula is C14H11NO2. The second-order valence-electron chi connectivity index (χ2n) is 3.98. The lowest BCUT2D eigenvalue weighted by Crippen LogP contribution is -2.41.